The SMILES string of the molecule is CCc1ccccc1Nc1nc(N)nc(CSc2nnc(C[C@@H]3CCS(=O)(=O)C3)o2)n1. The van der Waals surface area contributed by atoms with E-state index in [0.717, 1.165) is 17.7 Å². The van der Waals surface area contributed by atoms with Gasteiger partial charge in [0, 0.05) is 12.1 Å². The van der Waals surface area contributed by atoms with E-state index in [2.05, 4.69) is 37.4 Å². The fraction of sp³-hybridized carbons (Fsp3) is 0.421. The highest BCUT2D eigenvalue weighted by molar-refractivity contribution is 7.98. The summed E-state index contributed by atoms with van der Waals surface area (Å²) in [5, 5.41) is 11.6. The molecule has 3 N–H and O–H groups in total. The largest absolute Gasteiger partial charge is 0.416 e. The molecule has 1 aliphatic rings. The number of nitrogens with one attached hydrogen (secondary N) is 1. The van der Waals surface area contributed by atoms with Gasteiger partial charge in [-0.2, -0.15) is 15.0 Å². The van der Waals surface area contributed by atoms with Gasteiger partial charge in [0.15, 0.2) is 9.84 Å². The van der Waals surface area contributed by atoms with Crippen molar-refractivity contribution in [3.05, 3.63) is 41.5 Å². The van der Waals surface area contributed by atoms with E-state index in [1.165, 1.54) is 11.8 Å². The Bertz CT molecular complexity index is 1170. The van der Waals surface area contributed by atoms with Crippen molar-refractivity contribution in [3.63, 3.8) is 0 Å². The van der Waals surface area contributed by atoms with Crippen LogP contribution in [0, 0.1) is 5.92 Å². The molecular weight excluding hydrogens is 438 g/mol. The van der Waals surface area contributed by atoms with Gasteiger partial charge in [0.05, 0.1) is 17.3 Å². The number of para-hydroxylation sites is 1. The second kappa shape index (κ2) is 9.18. The minimum Gasteiger partial charge on any atom is -0.416 e. The second-order valence-corrected chi connectivity index (χ2v) is 10.4. The van der Waals surface area contributed by atoms with Crippen LogP contribution in [0.3, 0.4) is 0 Å². The standard InChI is InChI=1S/C19H23N7O3S2/c1-2-13-5-3-4-6-14(13)21-18-23-15(22-17(20)24-18)10-30-19-26-25-16(29-19)9-12-7-8-31(27,28)11-12/h3-6,12H,2,7-11H2,1H3,(H3,20,21,22,23,24)/t12-/m0/s1. The van der Waals surface area contributed by atoms with Gasteiger partial charge >= 0.3 is 0 Å². The first kappa shape index (κ1) is 21.5. The summed E-state index contributed by atoms with van der Waals surface area (Å²) < 4.78 is 28.8. The number of nitrogens with two attached hydrogens (primary N) is 1. The van der Waals surface area contributed by atoms with Crippen LogP contribution in [-0.4, -0.2) is 45.1 Å². The van der Waals surface area contributed by atoms with Crippen LogP contribution >= 0.6 is 11.8 Å². The average molecular weight is 462 g/mol. The van der Waals surface area contributed by atoms with Crippen LogP contribution < -0.4 is 11.1 Å². The maximum Gasteiger partial charge on any atom is 0.277 e. The number of anilines is 3. The fourth-order valence-corrected chi connectivity index (χ4v) is 5.91. The van der Waals surface area contributed by atoms with Crippen molar-refractivity contribution in [3.8, 4) is 0 Å². The van der Waals surface area contributed by atoms with Gasteiger partial charge in [-0.1, -0.05) is 36.9 Å². The van der Waals surface area contributed by atoms with E-state index in [4.69, 9.17) is 10.2 Å². The number of aromatic nitrogens is 5. The number of thioether (sulfide) groups is 1. The summed E-state index contributed by atoms with van der Waals surface area (Å²) in [7, 11) is -2.93. The third-order valence-electron chi connectivity index (χ3n) is 4.91. The quantitative estimate of drug-likeness (QED) is 0.476. The fourth-order valence-electron chi connectivity index (χ4n) is 3.41. The predicted molar refractivity (Wildman–Crippen MR) is 118 cm³/mol. The molecule has 0 spiro atoms. The molecule has 1 saturated heterocycles. The summed E-state index contributed by atoms with van der Waals surface area (Å²) >= 11 is 1.29. The number of hydrogen-bond donors (Lipinski definition) is 2. The summed E-state index contributed by atoms with van der Waals surface area (Å²) in [5.74, 6) is 2.23. The Kier molecular flexibility index (Phi) is 6.37. The lowest BCUT2D eigenvalue weighted by molar-refractivity contribution is 0.389. The number of rotatable bonds is 8. The molecule has 1 atom stereocenters. The average Bonchev–Trinajstić information content (AvgIpc) is 3.32. The molecule has 4 rings (SSSR count). The van der Waals surface area contributed by atoms with Crippen LogP contribution in [0.2, 0.25) is 0 Å². The van der Waals surface area contributed by atoms with Crippen molar-refractivity contribution in [1.82, 2.24) is 25.1 Å². The summed E-state index contributed by atoms with van der Waals surface area (Å²) in [6.07, 6.45) is 1.98. The topological polar surface area (TPSA) is 150 Å². The predicted octanol–water partition coefficient (Wildman–Crippen LogP) is 2.41. The molecule has 1 aromatic carbocycles. The van der Waals surface area contributed by atoms with Gasteiger partial charge in [-0.3, -0.25) is 0 Å². The Labute approximate surface area is 184 Å². The second-order valence-electron chi connectivity index (χ2n) is 7.29. The molecular formula is C19H23N7O3S2. The van der Waals surface area contributed by atoms with E-state index < -0.39 is 9.84 Å². The number of nitrogen functional groups attached to an aromatic ring is 1. The van der Waals surface area contributed by atoms with Crippen LogP contribution in [0.15, 0.2) is 33.9 Å². The van der Waals surface area contributed by atoms with Crippen LogP contribution in [0.25, 0.3) is 0 Å². The Morgan fingerprint density at radius 2 is 2.06 bits per heavy atom. The normalized spacial score (nSPS) is 17.6. The van der Waals surface area contributed by atoms with Gasteiger partial charge in [-0.05, 0) is 30.4 Å². The van der Waals surface area contributed by atoms with Crippen molar-refractivity contribution < 1.29 is 12.8 Å². The van der Waals surface area contributed by atoms with E-state index in [1.54, 1.807) is 0 Å². The highest BCUT2D eigenvalue weighted by Gasteiger charge is 2.29. The van der Waals surface area contributed by atoms with Gasteiger partial charge in [0.2, 0.25) is 17.8 Å². The van der Waals surface area contributed by atoms with Gasteiger partial charge in [-0.25, -0.2) is 8.42 Å². The number of aryl methyl sites for hydroxylation is 1. The molecule has 0 amide bonds. The zero-order chi connectivity index (χ0) is 21.8. The molecule has 164 valence electrons. The Morgan fingerprint density at radius 3 is 2.84 bits per heavy atom. The third kappa shape index (κ3) is 5.70. The van der Waals surface area contributed by atoms with Crippen molar-refractivity contribution >= 4 is 39.2 Å². The minimum absolute atomic E-state index is 0.0336. The van der Waals surface area contributed by atoms with Gasteiger partial charge < -0.3 is 15.5 Å². The molecule has 0 unspecified atom stereocenters. The molecule has 3 heterocycles. The summed E-state index contributed by atoms with van der Waals surface area (Å²) in [4.78, 5) is 12.8. The van der Waals surface area contributed by atoms with Gasteiger partial charge in [0.1, 0.15) is 5.82 Å². The zero-order valence-corrected chi connectivity index (χ0v) is 18.6. The van der Waals surface area contributed by atoms with E-state index in [9.17, 15) is 8.42 Å². The number of sulfone groups is 1. The first-order valence-corrected chi connectivity index (χ1v) is 12.7. The molecule has 3 aromatic rings. The third-order valence-corrected chi connectivity index (χ3v) is 7.56. The zero-order valence-electron chi connectivity index (χ0n) is 17.0. The molecule has 10 nitrogen and oxygen atoms in total. The smallest absolute Gasteiger partial charge is 0.277 e. The van der Waals surface area contributed by atoms with Gasteiger partial charge in [0.25, 0.3) is 5.22 Å². The van der Waals surface area contributed by atoms with Crippen molar-refractivity contribution in [2.45, 2.75) is 37.2 Å². The first-order chi connectivity index (χ1) is 14.9. The van der Waals surface area contributed by atoms with Crippen LogP contribution in [0.5, 0.6) is 0 Å². The van der Waals surface area contributed by atoms with Crippen LogP contribution in [0.1, 0.15) is 30.6 Å². The lowest BCUT2D eigenvalue weighted by Crippen LogP contribution is -2.07. The van der Waals surface area contributed by atoms with Crippen molar-refractivity contribution in [2.24, 2.45) is 5.92 Å². The molecule has 2 aromatic heterocycles. The van der Waals surface area contributed by atoms with Crippen LogP contribution in [-0.2, 0) is 28.4 Å². The minimum atomic E-state index is -2.93. The number of hydrogen-bond acceptors (Lipinski definition) is 11. The molecule has 1 aliphatic heterocycles. The van der Waals surface area contributed by atoms with Crippen LogP contribution in [0.4, 0.5) is 17.6 Å². The molecule has 0 radical (unpaired) electrons. The van der Waals surface area contributed by atoms with Gasteiger partial charge in [-0.15, -0.1) is 10.2 Å². The number of benzene rings is 1. The monoisotopic (exact) mass is 461 g/mol. The molecule has 31 heavy (non-hydrogen) atoms. The molecule has 0 bridgehead atoms. The highest BCUT2D eigenvalue weighted by Crippen LogP contribution is 2.26. The van der Waals surface area contributed by atoms with E-state index in [-0.39, 0.29) is 23.4 Å². The maximum absolute atomic E-state index is 11.6. The maximum atomic E-state index is 11.6. The molecule has 0 aliphatic carbocycles. The number of nitrogens with zero attached hydrogens (tertiary/aromatic N) is 5. The Hall–Kier alpha value is -2.73. The molecule has 1 fully saturated rings. The highest BCUT2D eigenvalue weighted by atomic mass is 32.2. The van der Waals surface area contributed by atoms with E-state index in [0.29, 0.717) is 41.5 Å². The summed E-state index contributed by atoms with van der Waals surface area (Å²) in [5.41, 5.74) is 7.92. The van der Waals surface area contributed by atoms with E-state index in [1.807, 2.05) is 24.3 Å². The molecule has 0 saturated carbocycles. The van der Waals surface area contributed by atoms with E-state index >= 15 is 0 Å². The lowest BCUT2D eigenvalue weighted by atomic mass is 10.1. The molecule has 12 heteroatoms. The van der Waals surface area contributed by atoms with Crippen molar-refractivity contribution in [2.75, 3.05) is 22.6 Å². The summed E-state index contributed by atoms with van der Waals surface area (Å²) in [6, 6.07) is 7.93. The van der Waals surface area contributed by atoms with Crippen molar-refractivity contribution in [1.29, 1.82) is 0 Å². The lowest BCUT2D eigenvalue weighted by Gasteiger charge is -2.10. The first-order valence-electron chi connectivity index (χ1n) is 9.91. The Balaban J connectivity index is 1.38. The Morgan fingerprint density at radius 1 is 1.23 bits per heavy atom. The summed E-state index contributed by atoms with van der Waals surface area (Å²) in [6.45, 7) is 2.08.